The predicted molar refractivity (Wildman–Crippen MR) is 256 cm³/mol. The number of benzene rings is 9. The number of rotatable bonds is 7. The Bertz CT molecular complexity index is 3600. The molecule has 12 rings (SSSR count). The zero-order valence-electron chi connectivity index (χ0n) is 33.6. The van der Waals surface area contributed by atoms with Crippen molar-refractivity contribution in [1.29, 1.82) is 0 Å². The molecule has 3 aromatic heterocycles. The molecule has 0 atom stereocenters. The van der Waals surface area contributed by atoms with Gasteiger partial charge in [0.2, 0.25) is 0 Å². The maximum Gasteiger partial charge on any atom is 0.164 e. The van der Waals surface area contributed by atoms with E-state index < -0.39 is 0 Å². The van der Waals surface area contributed by atoms with Crippen LogP contribution in [0.3, 0.4) is 0 Å². The lowest BCUT2D eigenvalue weighted by molar-refractivity contribution is 1.07. The first-order chi connectivity index (χ1) is 30.7. The van der Waals surface area contributed by atoms with E-state index in [0.717, 1.165) is 77.4 Å². The van der Waals surface area contributed by atoms with Crippen molar-refractivity contribution in [3.05, 3.63) is 224 Å². The van der Waals surface area contributed by atoms with E-state index in [1.54, 1.807) is 0 Å². The zero-order valence-corrected chi connectivity index (χ0v) is 33.6. The lowest BCUT2D eigenvalue weighted by Gasteiger charge is -2.13. The third kappa shape index (κ3) is 5.98. The summed E-state index contributed by atoms with van der Waals surface area (Å²) in [7, 11) is 0. The van der Waals surface area contributed by atoms with E-state index in [1.165, 1.54) is 16.5 Å². The molecule has 0 saturated carbocycles. The monoisotopic (exact) mass is 791 g/mol. The quantitative estimate of drug-likeness (QED) is 0.162. The Morgan fingerprint density at radius 3 is 1.27 bits per heavy atom. The van der Waals surface area contributed by atoms with Crippen molar-refractivity contribution in [3.63, 3.8) is 0 Å². The van der Waals surface area contributed by atoms with Crippen LogP contribution < -0.4 is 0 Å². The van der Waals surface area contributed by atoms with Gasteiger partial charge in [0.05, 0.1) is 22.1 Å². The summed E-state index contributed by atoms with van der Waals surface area (Å²) in [5, 5.41) is 4.60. The van der Waals surface area contributed by atoms with E-state index in [2.05, 4.69) is 215 Å². The average molecular weight is 792 g/mol. The van der Waals surface area contributed by atoms with Crippen molar-refractivity contribution >= 4 is 43.6 Å². The number of nitrogens with zero attached hydrogens (tertiary/aromatic N) is 5. The summed E-state index contributed by atoms with van der Waals surface area (Å²) in [5.74, 6) is 1.87. The zero-order chi connectivity index (χ0) is 41.0. The van der Waals surface area contributed by atoms with Crippen LogP contribution in [0.4, 0.5) is 0 Å². The highest BCUT2D eigenvalue weighted by molar-refractivity contribution is 6.16. The van der Waals surface area contributed by atoms with E-state index in [-0.39, 0.29) is 0 Å². The Hall–Kier alpha value is -8.41. The molecule has 62 heavy (non-hydrogen) atoms. The molecule has 0 N–H and O–H groups in total. The van der Waals surface area contributed by atoms with Crippen LogP contribution in [0.1, 0.15) is 0 Å². The topological polar surface area (TPSA) is 48.5 Å². The van der Waals surface area contributed by atoms with Gasteiger partial charge >= 0.3 is 0 Å². The van der Waals surface area contributed by atoms with Gasteiger partial charge < -0.3 is 9.13 Å². The van der Waals surface area contributed by atoms with E-state index >= 15 is 0 Å². The minimum atomic E-state index is 0.616. The second-order valence-electron chi connectivity index (χ2n) is 15.6. The van der Waals surface area contributed by atoms with Gasteiger partial charge in [0.25, 0.3) is 0 Å². The Kier molecular flexibility index (Phi) is 8.42. The maximum absolute atomic E-state index is 5.30. The van der Waals surface area contributed by atoms with Crippen LogP contribution in [0.2, 0.25) is 0 Å². The highest BCUT2D eigenvalue weighted by atomic mass is 15.0. The van der Waals surface area contributed by atoms with E-state index in [0.29, 0.717) is 17.5 Å². The van der Waals surface area contributed by atoms with E-state index in [9.17, 15) is 0 Å². The van der Waals surface area contributed by atoms with Crippen molar-refractivity contribution in [2.45, 2.75) is 0 Å². The largest absolute Gasteiger partial charge is 0.309 e. The van der Waals surface area contributed by atoms with Crippen LogP contribution in [-0.4, -0.2) is 24.1 Å². The fraction of sp³-hybridized carbons (Fsp3) is 0. The molecular weight excluding hydrogens is 755 g/mol. The molecule has 0 amide bonds. The Morgan fingerprint density at radius 2 is 0.677 bits per heavy atom. The van der Waals surface area contributed by atoms with Gasteiger partial charge in [-0.25, -0.2) is 15.0 Å². The fourth-order valence-corrected chi connectivity index (χ4v) is 9.08. The molecule has 12 aromatic rings. The van der Waals surface area contributed by atoms with Gasteiger partial charge in [0.1, 0.15) is 0 Å². The molecule has 290 valence electrons. The molecule has 0 aliphatic rings. The van der Waals surface area contributed by atoms with Crippen molar-refractivity contribution in [2.24, 2.45) is 0 Å². The molecule has 0 bridgehead atoms. The molecule has 0 unspecified atom stereocenters. The molecule has 0 aliphatic heterocycles. The molecule has 0 aliphatic carbocycles. The average Bonchev–Trinajstić information content (AvgIpc) is 3.87. The second-order valence-corrected chi connectivity index (χ2v) is 15.6. The van der Waals surface area contributed by atoms with Crippen molar-refractivity contribution in [2.75, 3.05) is 0 Å². The van der Waals surface area contributed by atoms with Crippen molar-refractivity contribution in [3.8, 4) is 67.8 Å². The lowest BCUT2D eigenvalue weighted by atomic mass is 9.95. The van der Waals surface area contributed by atoms with Crippen LogP contribution in [-0.2, 0) is 0 Å². The Morgan fingerprint density at radius 1 is 0.258 bits per heavy atom. The standard InChI is InChI=1S/C57H37N5/c1-6-18-38(19-7-1)43-36-47(39-20-8-2-9-21-39)54-50(37-43)49-35-42(31-33-53(49)62(54)45-26-14-5-15-27-45)57-59-55(40-22-10-3-11-23-40)58-56(60-57)41-30-32-52-48(34-41)46-28-16-17-29-51(46)61(52)44-24-12-4-13-25-44/h1-37H. The summed E-state index contributed by atoms with van der Waals surface area (Å²) in [4.78, 5) is 15.7. The molecular formula is C57H37N5. The highest BCUT2D eigenvalue weighted by Gasteiger charge is 2.21. The van der Waals surface area contributed by atoms with Crippen LogP contribution >= 0.6 is 0 Å². The van der Waals surface area contributed by atoms with Crippen LogP contribution in [0.5, 0.6) is 0 Å². The Balaban J connectivity index is 1.10. The summed E-state index contributed by atoms with van der Waals surface area (Å²) in [6.45, 7) is 0. The summed E-state index contributed by atoms with van der Waals surface area (Å²) in [5.41, 5.74) is 14.2. The maximum atomic E-state index is 5.30. The van der Waals surface area contributed by atoms with Crippen molar-refractivity contribution in [1.82, 2.24) is 24.1 Å². The third-order valence-corrected chi connectivity index (χ3v) is 11.9. The molecule has 5 heteroatoms. The lowest BCUT2D eigenvalue weighted by Crippen LogP contribution is -2.00. The summed E-state index contributed by atoms with van der Waals surface area (Å²) in [6, 6.07) is 79.3. The van der Waals surface area contributed by atoms with Gasteiger partial charge in [-0.1, -0.05) is 146 Å². The summed E-state index contributed by atoms with van der Waals surface area (Å²) in [6.07, 6.45) is 0. The predicted octanol–water partition coefficient (Wildman–Crippen LogP) is 14.4. The summed E-state index contributed by atoms with van der Waals surface area (Å²) >= 11 is 0. The molecule has 3 heterocycles. The minimum absolute atomic E-state index is 0.616. The molecule has 0 spiro atoms. The second kappa shape index (κ2) is 14.7. The fourth-order valence-electron chi connectivity index (χ4n) is 9.08. The third-order valence-electron chi connectivity index (χ3n) is 11.9. The number of hydrogen-bond donors (Lipinski definition) is 0. The van der Waals surface area contributed by atoms with Crippen LogP contribution in [0, 0.1) is 0 Å². The van der Waals surface area contributed by atoms with E-state index in [1.807, 2.05) is 18.2 Å². The number of hydrogen-bond acceptors (Lipinski definition) is 3. The van der Waals surface area contributed by atoms with E-state index in [4.69, 9.17) is 15.0 Å². The molecule has 0 saturated heterocycles. The molecule has 9 aromatic carbocycles. The normalized spacial score (nSPS) is 11.5. The molecule has 5 nitrogen and oxygen atoms in total. The first-order valence-electron chi connectivity index (χ1n) is 20.9. The van der Waals surface area contributed by atoms with Crippen LogP contribution in [0.25, 0.3) is 111 Å². The van der Waals surface area contributed by atoms with Crippen molar-refractivity contribution < 1.29 is 0 Å². The molecule has 0 radical (unpaired) electrons. The first-order valence-corrected chi connectivity index (χ1v) is 20.9. The highest BCUT2D eigenvalue weighted by Crippen LogP contribution is 2.43. The SMILES string of the molecule is c1ccc(-c2cc(-c3ccccc3)c3c(c2)c2cc(-c4nc(-c5ccccc5)nc(-c5ccc6c(c5)c5ccccc5n6-c5ccccc5)n4)ccc2n3-c2ccccc2)cc1. The Labute approximate surface area is 358 Å². The van der Waals surface area contributed by atoms with Crippen LogP contribution in [0.15, 0.2) is 224 Å². The number of para-hydroxylation sites is 3. The van der Waals surface area contributed by atoms with Gasteiger partial charge in [0.15, 0.2) is 17.5 Å². The number of aromatic nitrogens is 5. The first kappa shape index (κ1) is 35.5. The van der Waals surface area contributed by atoms with Gasteiger partial charge in [-0.05, 0) is 95.6 Å². The minimum Gasteiger partial charge on any atom is -0.309 e. The van der Waals surface area contributed by atoms with Gasteiger partial charge in [-0.15, -0.1) is 0 Å². The van der Waals surface area contributed by atoms with Gasteiger partial charge in [0, 0.05) is 55.2 Å². The number of fused-ring (bicyclic) bond motifs is 6. The smallest absolute Gasteiger partial charge is 0.164 e. The van der Waals surface area contributed by atoms with Gasteiger partial charge in [-0.3, -0.25) is 0 Å². The molecule has 0 fully saturated rings. The summed E-state index contributed by atoms with van der Waals surface area (Å²) < 4.78 is 4.73. The van der Waals surface area contributed by atoms with Gasteiger partial charge in [-0.2, -0.15) is 0 Å².